The first-order valence-corrected chi connectivity index (χ1v) is 5.38. The minimum Gasteiger partial charge on any atom is -0.373 e. The zero-order valence-corrected chi connectivity index (χ0v) is 9.26. The second kappa shape index (κ2) is 4.68. The number of hydrogen-bond acceptors (Lipinski definition) is 2. The van der Waals surface area contributed by atoms with Crippen LogP contribution < -0.4 is 0 Å². The molecule has 18 heavy (non-hydrogen) atoms. The van der Waals surface area contributed by atoms with Gasteiger partial charge >= 0.3 is 6.18 Å². The monoisotopic (exact) mass is 262 g/mol. The number of ketones is 1. The van der Waals surface area contributed by atoms with Gasteiger partial charge in [-0.05, 0) is 23.8 Å². The maximum absolute atomic E-state index is 13.1. The summed E-state index contributed by atoms with van der Waals surface area (Å²) in [5.41, 5.74) is -1.26. The van der Waals surface area contributed by atoms with Gasteiger partial charge in [0.25, 0.3) is 0 Å². The Hall–Kier alpha value is -1.43. The number of carbonyl (C=O) groups is 1. The summed E-state index contributed by atoms with van der Waals surface area (Å²) in [5, 5.41) is 0. The quantitative estimate of drug-likeness (QED) is 0.726. The Morgan fingerprint density at radius 1 is 1.28 bits per heavy atom. The van der Waals surface area contributed by atoms with E-state index in [0.29, 0.717) is 6.07 Å². The van der Waals surface area contributed by atoms with Gasteiger partial charge < -0.3 is 4.74 Å². The highest BCUT2D eigenvalue weighted by Crippen LogP contribution is 2.38. The Balaban J connectivity index is 2.41. The largest absolute Gasteiger partial charge is 0.416 e. The molecule has 1 aromatic rings. The molecule has 0 aliphatic carbocycles. The van der Waals surface area contributed by atoms with Crippen LogP contribution in [0.1, 0.15) is 30.1 Å². The Morgan fingerprint density at radius 2 is 2.00 bits per heavy atom. The zero-order chi connectivity index (χ0) is 13.3. The third-order valence-electron chi connectivity index (χ3n) is 2.78. The molecular weight excluding hydrogens is 252 g/mol. The lowest BCUT2D eigenvalue weighted by atomic mass is 9.95. The van der Waals surface area contributed by atoms with Crippen molar-refractivity contribution in [2.75, 3.05) is 6.61 Å². The molecule has 1 aromatic carbocycles. The molecule has 2 nitrogen and oxygen atoms in total. The van der Waals surface area contributed by atoms with E-state index < -0.39 is 23.7 Å². The Bertz CT molecular complexity index is 468. The Kier molecular flexibility index (Phi) is 3.38. The number of carbonyl (C=O) groups excluding carboxylic acids is 1. The van der Waals surface area contributed by atoms with Gasteiger partial charge in [-0.15, -0.1) is 0 Å². The molecule has 1 atom stereocenters. The van der Waals surface area contributed by atoms with Crippen LogP contribution in [0.2, 0.25) is 0 Å². The van der Waals surface area contributed by atoms with Gasteiger partial charge in [-0.1, -0.05) is 0 Å². The first kappa shape index (κ1) is 13.0. The van der Waals surface area contributed by atoms with Gasteiger partial charge in [0.2, 0.25) is 0 Å². The molecule has 0 bridgehead atoms. The fraction of sp³-hybridized carbons (Fsp3) is 0.417. The van der Waals surface area contributed by atoms with Gasteiger partial charge in [0.05, 0.1) is 18.3 Å². The van der Waals surface area contributed by atoms with Crippen molar-refractivity contribution >= 4 is 5.78 Å². The molecule has 2 rings (SSSR count). The number of hydrogen-bond donors (Lipinski definition) is 0. The maximum atomic E-state index is 13.1. The number of benzene rings is 1. The smallest absolute Gasteiger partial charge is 0.373 e. The first-order valence-electron chi connectivity index (χ1n) is 5.38. The first-order chi connectivity index (χ1) is 8.38. The van der Waals surface area contributed by atoms with E-state index in [0.717, 1.165) is 12.1 Å². The van der Waals surface area contributed by atoms with Crippen molar-refractivity contribution in [2.24, 2.45) is 0 Å². The highest BCUT2D eigenvalue weighted by molar-refractivity contribution is 5.79. The summed E-state index contributed by atoms with van der Waals surface area (Å²) >= 11 is 0. The van der Waals surface area contributed by atoms with E-state index in [2.05, 4.69) is 0 Å². The normalized spacial score (nSPS) is 21.1. The molecule has 0 aromatic heterocycles. The van der Waals surface area contributed by atoms with E-state index in [9.17, 15) is 22.4 Å². The van der Waals surface area contributed by atoms with Crippen molar-refractivity contribution in [1.29, 1.82) is 0 Å². The minimum atomic E-state index is -4.59. The second-order valence-electron chi connectivity index (χ2n) is 4.08. The van der Waals surface area contributed by atoms with Gasteiger partial charge in [0, 0.05) is 12.8 Å². The van der Waals surface area contributed by atoms with Crippen molar-refractivity contribution in [3.8, 4) is 0 Å². The zero-order valence-electron chi connectivity index (χ0n) is 9.26. The van der Waals surface area contributed by atoms with Gasteiger partial charge in [0.15, 0.2) is 0 Å². The standard InChI is InChI=1S/C12H10F4O2/c13-7-1-2-10(12(14,15)16)9(5-7)11-6-8(17)3-4-18-11/h1-2,5,11H,3-4,6H2. The van der Waals surface area contributed by atoms with Gasteiger partial charge in [-0.25, -0.2) is 4.39 Å². The predicted octanol–water partition coefficient (Wildman–Crippen LogP) is 3.27. The highest BCUT2D eigenvalue weighted by atomic mass is 19.4. The third kappa shape index (κ3) is 2.69. The van der Waals surface area contributed by atoms with Crippen LogP contribution in [0.5, 0.6) is 0 Å². The molecule has 0 radical (unpaired) electrons. The fourth-order valence-electron chi connectivity index (χ4n) is 1.94. The summed E-state index contributed by atoms with van der Waals surface area (Å²) in [6.07, 6.45) is -5.56. The second-order valence-corrected chi connectivity index (χ2v) is 4.08. The number of ether oxygens (including phenoxy) is 1. The van der Waals surface area contributed by atoms with Crippen LogP contribution in [0, 0.1) is 5.82 Å². The van der Waals surface area contributed by atoms with Crippen LogP contribution in [0.3, 0.4) is 0 Å². The fourth-order valence-corrected chi connectivity index (χ4v) is 1.94. The Morgan fingerprint density at radius 3 is 2.61 bits per heavy atom. The Labute approximate surface area is 101 Å². The molecule has 0 spiro atoms. The molecule has 1 heterocycles. The van der Waals surface area contributed by atoms with Gasteiger partial charge in [-0.3, -0.25) is 4.79 Å². The molecule has 1 aliphatic heterocycles. The van der Waals surface area contributed by atoms with E-state index in [4.69, 9.17) is 4.74 Å². The van der Waals surface area contributed by atoms with Crippen LogP contribution in [0.4, 0.5) is 17.6 Å². The number of rotatable bonds is 1. The SMILES string of the molecule is O=C1CCOC(c2cc(F)ccc2C(F)(F)F)C1. The summed E-state index contributed by atoms with van der Waals surface area (Å²) in [7, 11) is 0. The summed E-state index contributed by atoms with van der Waals surface area (Å²) < 4.78 is 56.5. The number of Topliss-reactive ketones (excluding diaryl/α,β-unsaturated/α-hetero) is 1. The van der Waals surface area contributed by atoms with Crippen molar-refractivity contribution < 1.29 is 27.1 Å². The summed E-state index contributed by atoms with van der Waals surface area (Å²) in [6.45, 7) is 0.0668. The van der Waals surface area contributed by atoms with Crippen LogP contribution >= 0.6 is 0 Å². The molecule has 1 aliphatic rings. The molecule has 0 N–H and O–H groups in total. The molecule has 6 heteroatoms. The van der Waals surface area contributed by atoms with E-state index in [1.807, 2.05) is 0 Å². The maximum Gasteiger partial charge on any atom is 0.416 e. The third-order valence-corrected chi connectivity index (χ3v) is 2.78. The van der Waals surface area contributed by atoms with Crippen LogP contribution in [0.25, 0.3) is 0 Å². The molecule has 1 saturated heterocycles. The molecule has 0 amide bonds. The van der Waals surface area contributed by atoms with E-state index in [1.54, 1.807) is 0 Å². The molecule has 0 saturated carbocycles. The van der Waals surface area contributed by atoms with E-state index in [1.165, 1.54) is 0 Å². The summed E-state index contributed by atoms with van der Waals surface area (Å²) in [5.74, 6) is -0.955. The van der Waals surface area contributed by atoms with Crippen molar-refractivity contribution in [1.82, 2.24) is 0 Å². The minimum absolute atomic E-state index is 0.0668. The van der Waals surface area contributed by atoms with Crippen LogP contribution in [0.15, 0.2) is 18.2 Å². The van der Waals surface area contributed by atoms with E-state index in [-0.39, 0.29) is 30.8 Å². The highest BCUT2D eigenvalue weighted by Gasteiger charge is 2.37. The summed E-state index contributed by atoms with van der Waals surface area (Å²) in [6, 6.07) is 2.20. The lowest BCUT2D eigenvalue weighted by molar-refractivity contribution is -0.142. The average Bonchev–Trinajstić information content (AvgIpc) is 2.27. The lowest BCUT2D eigenvalue weighted by Gasteiger charge is -2.25. The summed E-state index contributed by atoms with van der Waals surface area (Å²) in [4.78, 5) is 11.2. The molecule has 98 valence electrons. The van der Waals surface area contributed by atoms with E-state index >= 15 is 0 Å². The number of alkyl halides is 3. The van der Waals surface area contributed by atoms with Crippen LogP contribution in [-0.4, -0.2) is 12.4 Å². The van der Waals surface area contributed by atoms with Gasteiger partial charge in [0.1, 0.15) is 11.6 Å². The van der Waals surface area contributed by atoms with Crippen molar-refractivity contribution in [2.45, 2.75) is 25.1 Å². The predicted molar refractivity (Wildman–Crippen MR) is 54.3 cm³/mol. The molecule has 1 fully saturated rings. The lowest BCUT2D eigenvalue weighted by Crippen LogP contribution is -2.22. The van der Waals surface area contributed by atoms with Crippen molar-refractivity contribution in [3.05, 3.63) is 35.1 Å². The molecular formula is C12H10F4O2. The molecule has 1 unspecified atom stereocenters. The number of halogens is 4. The average molecular weight is 262 g/mol. The van der Waals surface area contributed by atoms with Crippen LogP contribution in [-0.2, 0) is 15.7 Å². The van der Waals surface area contributed by atoms with Crippen molar-refractivity contribution in [3.63, 3.8) is 0 Å². The van der Waals surface area contributed by atoms with Gasteiger partial charge in [-0.2, -0.15) is 13.2 Å². The topological polar surface area (TPSA) is 26.3 Å².